The maximum Gasteiger partial charge on any atom is 0.253 e. The fourth-order valence-corrected chi connectivity index (χ4v) is 4.50. The van der Waals surface area contributed by atoms with Crippen LogP contribution < -0.4 is 5.56 Å². The van der Waals surface area contributed by atoms with E-state index in [0.717, 1.165) is 27.6 Å². The molecule has 8 heteroatoms. The van der Waals surface area contributed by atoms with Gasteiger partial charge in [0, 0.05) is 29.6 Å². The molecule has 0 unspecified atom stereocenters. The largest absolute Gasteiger partial charge is 0.379 e. The van der Waals surface area contributed by atoms with Gasteiger partial charge in [-0.2, -0.15) is 0 Å². The summed E-state index contributed by atoms with van der Waals surface area (Å²) in [5.41, 5.74) is 4.72. The number of aryl methyl sites for hydroxylation is 2. The molecule has 2 aromatic heterocycles. The average molecular weight is 431 g/mol. The molecule has 0 spiro atoms. The summed E-state index contributed by atoms with van der Waals surface area (Å²) >= 11 is 0. The molecule has 32 heavy (non-hydrogen) atoms. The van der Waals surface area contributed by atoms with Gasteiger partial charge in [0.25, 0.3) is 5.56 Å². The summed E-state index contributed by atoms with van der Waals surface area (Å²) in [6.07, 6.45) is 0. The quantitative estimate of drug-likeness (QED) is 0.524. The second kappa shape index (κ2) is 8.64. The monoisotopic (exact) mass is 430 g/mol. The van der Waals surface area contributed by atoms with Crippen molar-refractivity contribution in [1.29, 1.82) is 0 Å². The summed E-state index contributed by atoms with van der Waals surface area (Å²) in [5.74, 6) is 0.658. The Morgan fingerprint density at radius 1 is 1.09 bits per heavy atom. The SMILES string of the molecule is Cc1cc(C)c2cc([C@H](c3nnnn3Cc3ccccc3)N3CCOCC3)c(=O)[nH]c2c1. The molecule has 0 saturated carbocycles. The predicted octanol–water partition coefficient (Wildman–Crippen LogP) is 2.60. The number of rotatable bonds is 5. The van der Waals surface area contributed by atoms with Gasteiger partial charge in [-0.25, -0.2) is 4.68 Å². The first-order valence-electron chi connectivity index (χ1n) is 10.9. The number of ether oxygens (including phenoxy) is 1. The third kappa shape index (κ3) is 3.94. The van der Waals surface area contributed by atoms with Gasteiger partial charge in [0.15, 0.2) is 5.82 Å². The molecule has 1 aliphatic heterocycles. The zero-order chi connectivity index (χ0) is 22.1. The lowest BCUT2D eigenvalue weighted by Crippen LogP contribution is -2.42. The summed E-state index contributed by atoms with van der Waals surface area (Å²) in [6.45, 7) is 7.27. The van der Waals surface area contributed by atoms with Gasteiger partial charge < -0.3 is 9.72 Å². The molecule has 0 radical (unpaired) electrons. The van der Waals surface area contributed by atoms with Crippen molar-refractivity contribution < 1.29 is 4.74 Å². The Morgan fingerprint density at radius 2 is 1.88 bits per heavy atom. The first kappa shape index (κ1) is 20.5. The minimum Gasteiger partial charge on any atom is -0.379 e. The number of fused-ring (bicyclic) bond motifs is 1. The van der Waals surface area contributed by atoms with Crippen LogP contribution in [-0.2, 0) is 11.3 Å². The van der Waals surface area contributed by atoms with Gasteiger partial charge in [-0.15, -0.1) is 5.10 Å². The molecule has 2 aromatic carbocycles. The first-order valence-corrected chi connectivity index (χ1v) is 10.9. The number of morpholine rings is 1. The minimum absolute atomic E-state index is 0.117. The van der Waals surface area contributed by atoms with Crippen molar-refractivity contribution in [3.8, 4) is 0 Å². The standard InChI is InChI=1S/C24H26N6O2/c1-16-12-17(2)19-14-20(24(31)25-21(19)13-16)22(29-8-10-32-11-9-29)23-26-27-28-30(23)15-18-6-4-3-5-7-18/h3-7,12-14,22H,8-11,15H2,1-2H3,(H,25,31)/t22-/m1/s1. The zero-order valence-electron chi connectivity index (χ0n) is 18.3. The summed E-state index contributed by atoms with van der Waals surface area (Å²) in [4.78, 5) is 18.6. The van der Waals surface area contributed by atoms with Gasteiger partial charge in [-0.3, -0.25) is 9.69 Å². The topological polar surface area (TPSA) is 88.9 Å². The molecule has 1 atom stereocenters. The van der Waals surface area contributed by atoms with Gasteiger partial charge in [0.1, 0.15) is 6.04 Å². The lowest BCUT2D eigenvalue weighted by atomic mass is 9.99. The Kier molecular flexibility index (Phi) is 5.55. The van der Waals surface area contributed by atoms with Crippen LogP contribution in [0.2, 0.25) is 0 Å². The number of hydrogen-bond donors (Lipinski definition) is 1. The van der Waals surface area contributed by atoms with E-state index in [1.165, 1.54) is 0 Å². The molecule has 0 bridgehead atoms. The zero-order valence-corrected chi connectivity index (χ0v) is 18.3. The van der Waals surface area contributed by atoms with E-state index in [9.17, 15) is 4.79 Å². The van der Waals surface area contributed by atoms with Crippen molar-refractivity contribution in [3.63, 3.8) is 0 Å². The molecule has 1 N–H and O–H groups in total. The van der Waals surface area contributed by atoms with E-state index < -0.39 is 0 Å². The molecule has 1 aliphatic rings. The van der Waals surface area contributed by atoms with Crippen LogP contribution in [0.3, 0.4) is 0 Å². The van der Waals surface area contributed by atoms with E-state index in [0.29, 0.717) is 44.2 Å². The normalized spacial score (nSPS) is 15.8. The number of nitrogens with one attached hydrogen (secondary N) is 1. The van der Waals surface area contributed by atoms with Crippen LogP contribution in [0, 0.1) is 13.8 Å². The molecule has 4 aromatic rings. The molecule has 1 saturated heterocycles. The number of tetrazole rings is 1. The van der Waals surface area contributed by atoms with Gasteiger partial charge in [-0.1, -0.05) is 36.4 Å². The van der Waals surface area contributed by atoms with E-state index in [-0.39, 0.29) is 11.6 Å². The van der Waals surface area contributed by atoms with Crippen LogP contribution in [0.1, 0.15) is 34.1 Å². The summed E-state index contributed by atoms with van der Waals surface area (Å²) in [6, 6.07) is 15.9. The average Bonchev–Trinajstić information content (AvgIpc) is 3.23. The molecule has 164 valence electrons. The minimum atomic E-state index is -0.369. The van der Waals surface area contributed by atoms with Crippen molar-refractivity contribution in [2.24, 2.45) is 0 Å². The van der Waals surface area contributed by atoms with Gasteiger partial charge in [-0.05, 0) is 53.1 Å². The molecular formula is C24H26N6O2. The second-order valence-electron chi connectivity index (χ2n) is 8.33. The summed E-state index contributed by atoms with van der Waals surface area (Å²) in [5, 5.41) is 13.7. The molecule has 3 heterocycles. The number of hydrogen-bond acceptors (Lipinski definition) is 6. The highest BCUT2D eigenvalue weighted by Crippen LogP contribution is 2.29. The van der Waals surface area contributed by atoms with Gasteiger partial charge in [0.2, 0.25) is 0 Å². The van der Waals surface area contributed by atoms with E-state index in [1.54, 1.807) is 4.68 Å². The maximum absolute atomic E-state index is 13.3. The third-order valence-corrected chi connectivity index (χ3v) is 6.03. The summed E-state index contributed by atoms with van der Waals surface area (Å²) < 4.78 is 7.37. The van der Waals surface area contributed by atoms with E-state index in [1.807, 2.05) is 49.4 Å². The van der Waals surface area contributed by atoms with Crippen LogP contribution >= 0.6 is 0 Å². The second-order valence-corrected chi connectivity index (χ2v) is 8.33. The van der Waals surface area contributed by atoms with Crippen LogP contribution in [-0.4, -0.2) is 56.4 Å². The van der Waals surface area contributed by atoms with Crippen LogP contribution in [0.4, 0.5) is 0 Å². The number of nitrogens with zero attached hydrogens (tertiary/aromatic N) is 5. The Balaban J connectivity index is 1.64. The summed E-state index contributed by atoms with van der Waals surface area (Å²) in [7, 11) is 0. The van der Waals surface area contributed by atoms with Gasteiger partial charge >= 0.3 is 0 Å². The number of benzene rings is 2. The highest BCUT2D eigenvalue weighted by Gasteiger charge is 2.31. The molecule has 5 rings (SSSR count). The molecule has 8 nitrogen and oxygen atoms in total. The Morgan fingerprint density at radius 3 is 2.66 bits per heavy atom. The number of aromatic nitrogens is 5. The smallest absolute Gasteiger partial charge is 0.253 e. The van der Waals surface area contributed by atoms with Crippen LogP contribution in [0.5, 0.6) is 0 Å². The van der Waals surface area contributed by atoms with Gasteiger partial charge in [0.05, 0.1) is 19.8 Å². The number of aromatic amines is 1. The molecular weight excluding hydrogens is 404 g/mol. The van der Waals surface area contributed by atoms with Crippen molar-refractivity contribution >= 4 is 10.9 Å². The maximum atomic E-state index is 13.3. The van der Waals surface area contributed by atoms with Crippen LogP contribution in [0.25, 0.3) is 10.9 Å². The molecule has 0 aliphatic carbocycles. The Labute approximate surface area is 185 Å². The lowest BCUT2D eigenvalue weighted by Gasteiger charge is -2.33. The first-order chi connectivity index (χ1) is 15.6. The fourth-order valence-electron chi connectivity index (χ4n) is 4.50. The van der Waals surface area contributed by atoms with Crippen molar-refractivity contribution in [3.05, 3.63) is 87.0 Å². The van der Waals surface area contributed by atoms with E-state index >= 15 is 0 Å². The van der Waals surface area contributed by atoms with E-state index in [4.69, 9.17) is 4.74 Å². The molecule has 1 fully saturated rings. The Hall–Kier alpha value is -3.36. The third-order valence-electron chi connectivity index (χ3n) is 6.03. The van der Waals surface area contributed by atoms with Crippen molar-refractivity contribution in [2.45, 2.75) is 26.4 Å². The number of pyridine rings is 1. The lowest BCUT2D eigenvalue weighted by molar-refractivity contribution is 0.0214. The van der Waals surface area contributed by atoms with E-state index in [2.05, 4.69) is 38.4 Å². The fraction of sp³-hybridized carbons (Fsp3) is 0.333. The highest BCUT2D eigenvalue weighted by atomic mass is 16.5. The van der Waals surface area contributed by atoms with Crippen molar-refractivity contribution in [2.75, 3.05) is 26.3 Å². The highest BCUT2D eigenvalue weighted by molar-refractivity contribution is 5.83. The van der Waals surface area contributed by atoms with Crippen LogP contribution in [0.15, 0.2) is 53.3 Å². The Bertz CT molecular complexity index is 1290. The predicted molar refractivity (Wildman–Crippen MR) is 122 cm³/mol. The van der Waals surface area contributed by atoms with Crippen molar-refractivity contribution in [1.82, 2.24) is 30.1 Å². The number of H-pyrrole nitrogens is 1. The molecule has 0 amide bonds.